The Balaban J connectivity index is 2.20. The van der Waals surface area contributed by atoms with Gasteiger partial charge in [0.25, 0.3) is 0 Å². The van der Waals surface area contributed by atoms with Crippen molar-refractivity contribution in [3.8, 4) is 0 Å². The summed E-state index contributed by atoms with van der Waals surface area (Å²) in [4.78, 5) is 21.2. The van der Waals surface area contributed by atoms with Crippen LogP contribution in [0.15, 0.2) is 0 Å². The van der Waals surface area contributed by atoms with Gasteiger partial charge in [-0.15, -0.1) is 0 Å². The van der Waals surface area contributed by atoms with E-state index in [0.29, 0.717) is 0 Å². The van der Waals surface area contributed by atoms with E-state index in [-0.39, 0.29) is 24.2 Å². The molecular formula is C8H13NO3. The minimum absolute atomic E-state index is 0.0386. The Hall–Kier alpha value is -1.06. The molecule has 0 atom stereocenters. The lowest BCUT2D eigenvalue weighted by Crippen LogP contribution is -2.37. The zero-order chi connectivity index (χ0) is 9.14. The van der Waals surface area contributed by atoms with Crippen LogP contribution >= 0.6 is 0 Å². The second kappa shape index (κ2) is 3.56. The van der Waals surface area contributed by atoms with E-state index in [1.54, 1.807) is 7.05 Å². The van der Waals surface area contributed by atoms with Crippen molar-refractivity contribution in [3.63, 3.8) is 0 Å². The summed E-state index contributed by atoms with van der Waals surface area (Å²) in [6, 6.07) is 0. The van der Waals surface area contributed by atoms with Gasteiger partial charge >= 0.3 is 5.97 Å². The Morgan fingerprint density at radius 2 is 2.08 bits per heavy atom. The molecular weight excluding hydrogens is 158 g/mol. The number of carbonyl (C=O) groups excluding carboxylic acids is 1. The first kappa shape index (κ1) is 9.03. The van der Waals surface area contributed by atoms with Crippen molar-refractivity contribution < 1.29 is 14.7 Å². The summed E-state index contributed by atoms with van der Waals surface area (Å²) < 4.78 is 0. The van der Waals surface area contributed by atoms with Crippen molar-refractivity contribution in [2.24, 2.45) is 11.8 Å². The van der Waals surface area contributed by atoms with Crippen molar-refractivity contribution in [1.82, 2.24) is 5.32 Å². The van der Waals surface area contributed by atoms with Crippen molar-refractivity contribution in [2.75, 3.05) is 7.05 Å². The molecule has 1 fully saturated rings. The fourth-order valence-corrected chi connectivity index (χ4v) is 1.57. The normalized spacial score (nSPS) is 27.4. The second-order valence-corrected chi connectivity index (χ2v) is 3.25. The molecule has 1 rings (SSSR count). The summed E-state index contributed by atoms with van der Waals surface area (Å²) in [6.45, 7) is 0. The third-order valence-corrected chi connectivity index (χ3v) is 2.32. The van der Waals surface area contributed by atoms with Gasteiger partial charge in [0.2, 0.25) is 5.91 Å². The van der Waals surface area contributed by atoms with E-state index >= 15 is 0 Å². The third kappa shape index (κ3) is 1.96. The topological polar surface area (TPSA) is 66.4 Å². The van der Waals surface area contributed by atoms with Gasteiger partial charge in [0.05, 0.1) is 0 Å². The molecule has 2 N–H and O–H groups in total. The van der Waals surface area contributed by atoms with E-state index in [1.165, 1.54) is 0 Å². The Kier molecular flexibility index (Phi) is 2.68. The molecule has 1 aliphatic rings. The van der Waals surface area contributed by atoms with E-state index in [4.69, 9.17) is 5.11 Å². The zero-order valence-electron chi connectivity index (χ0n) is 7.04. The number of carbonyl (C=O) groups is 2. The highest BCUT2D eigenvalue weighted by atomic mass is 16.4. The smallest absolute Gasteiger partial charge is 0.303 e. The lowest BCUT2D eigenvalue weighted by Gasteiger charge is -2.32. The number of hydrogen-bond acceptors (Lipinski definition) is 2. The van der Waals surface area contributed by atoms with Gasteiger partial charge in [-0.25, -0.2) is 0 Å². The highest BCUT2D eigenvalue weighted by molar-refractivity contribution is 5.79. The quantitative estimate of drug-likeness (QED) is 0.639. The van der Waals surface area contributed by atoms with Gasteiger partial charge in [0.15, 0.2) is 0 Å². The number of carboxylic acids is 1. The Morgan fingerprint density at radius 1 is 1.50 bits per heavy atom. The lowest BCUT2D eigenvalue weighted by molar-refractivity contribution is -0.141. The maximum atomic E-state index is 11.0. The van der Waals surface area contributed by atoms with Crippen LogP contribution in [0.2, 0.25) is 0 Å². The van der Waals surface area contributed by atoms with Crippen LogP contribution in [-0.4, -0.2) is 24.0 Å². The minimum atomic E-state index is -0.768. The van der Waals surface area contributed by atoms with Crippen LogP contribution < -0.4 is 5.32 Å². The van der Waals surface area contributed by atoms with Crippen LogP contribution in [0, 0.1) is 11.8 Å². The van der Waals surface area contributed by atoms with E-state index in [9.17, 15) is 9.59 Å². The molecule has 0 radical (unpaired) electrons. The summed E-state index contributed by atoms with van der Waals surface area (Å²) in [6.07, 6.45) is 1.66. The molecule has 12 heavy (non-hydrogen) atoms. The third-order valence-electron chi connectivity index (χ3n) is 2.32. The first-order valence-electron chi connectivity index (χ1n) is 4.07. The minimum Gasteiger partial charge on any atom is -0.481 e. The van der Waals surface area contributed by atoms with Crippen molar-refractivity contribution in [2.45, 2.75) is 19.3 Å². The van der Waals surface area contributed by atoms with Crippen LogP contribution in [0.3, 0.4) is 0 Å². The molecule has 0 aromatic rings. The molecule has 1 amide bonds. The van der Waals surface area contributed by atoms with Crippen LogP contribution in [-0.2, 0) is 9.59 Å². The van der Waals surface area contributed by atoms with E-state index in [2.05, 4.69) is 5.32 Å². The van der Waals surface area contributed by atoms with Gasteiger partial charge in [0, 0.05) is 19.4 Å². The number of hydrogen-bond donors (Lipinski definition) is 2. The SMILES string of the molecule is CNC(=O)C1CC(CC(=O)O)C1. The van der Waals surface area contributed by atoms with Crippen molar-refractivity contribution in [3.05, 3.63) is 0 Å². The van der Waals surface area contributed by atoms with Gasteiger partial charge in [-0.3, -0.25) is 9.59 Å². The molecule has 0 aromatic heterocycles. The maximum Gasteiger partial charge on any atom is 0.303 e. The highest BCUT2D eigenvalue weighted by Crippen LogP contribution is 2.35. The van der Waals surface area contributed by atoms with Gasteiger partial charge in [0.1, 0.15) is 0 Å². The monoisotopic (exact) mass is 171 g/mol. The predicted molar refractivity (Wildman–Crippen MR) is 42.5 cm³/mol. The molecule has 0 aromatic carbocycles. The largest absolute Gasteiger partial charge is 0.481 e. The van der Waals surface area contributed by atoms with Gasteiger partial charge in [-0.05, 0) is 18.8 Å². The summed E-state index contributed by atoms with van der Waals surface area (Å²) in [5, 5.41) is 11.0. The number of nitrogens with one attached hydrogen (secondary N) is 1. The molecule has 0 bridgehead atoms. The zero-order valence-corrected chi connectivity index (χ0v) is 7.04. The van der Waals surface area contributed by atoms with Crippen molar-refractivity contribution in [1.29, 1.82) is 0 Å². The fraction of sp³-hybridized carbons (Fsp3) is 0.750. The molecule has 0 spiro atoms. The lowest BCUT2D eigenvalue weighted by atomic mass is 9.73. The summed E-state index contributed by atoms with van der Waals surface area (Å²) in [5.41, 5.74) is 0. The van der Waals surface area contributed by atoms with Crippen LogP contribution in [0.1, 0.15) is 19.3 Å². The number of carboxylic acid groups (broad SMARTS) is 1. The molecule has 0 saturated heterocycles. The fourth-order valence-electron chi connectivity index (χ4n) is 1.57. The average molecular weight is 171 g/mol. The molecule has 4 heteroatoms. The number of aliphatic carboxylic acids is 1. The molecule has 68 valence electrons. The molecule has 4 nitrogen and oxygen atoms in total. The first-order chi connectivity index (χ1) is 5.63. The van der Waals surface area contributed by atoms with Gasteiger partial charge in [-0.2, -0.15) is 0 Å². The summed E-state index contributed by atoms with van der Waals surface area (Å²) in [5.74, 6) is -0.462. The second-order valence-electron chi connectivity index (χ2n) is 3.25. The summed E-state index contributed by atoms with van der Waals surface area (Å²) in [7, 11) is 1.60. The van der Waals surface area contributed by atoms with Gasteiger partial charge < -0.3 is 10.4 Å². The van der Waals surface area contributed by atoms with E-state index in [1.807, 2.05) is 0 Å². The standard InChI is InChI=1S/C8H13NO3/c1-9-8(12)6-2-5(3-6)4-7(10)11/h5-6H,2-4H2,1H3,(H,9,12)(H,10,11). The molecule has 0 unspecified atom stereocenters. The maximum absolute atomic E-state index is 11.0. The Labute approximate surface area is 71.0 Å². The average Bonchev–Trinajstić information content (AvgIpc) is 1.94. The van der Waals surface area contributed by atoms with E-state index in [0.717, 1.165) is 12.8 Å². The molecule has 0 aliphatic heterocycles. The van der Waals surface area contributed by atoms with Crippen LogP contribution in [0.4, 0.5) is 0 Å². The van der Waals surface area contributed by atoms with Gasteiger partial charge in [-0.1, -0.05) is 0 Å². The van der Waals surface area contributed by atoms with Crippen molar-refractivity contribution >= 4 is 11.9 Å². The Bertz CT molecular complexity index is 196. The van der Waals surface area contributed by atoms with E-state index < -0.39 is 5.97 Å². The molecule has 1 aliphatic carbocycles. The molecule has 0 heterocycles. The van der Waals surface area contributed by atoms with Crippen LogP contribution in [0.25, 0.3) is 0 Å². The predicted octanol–water partition coefficient (Wildman–Crippen LogP) is 0.233. The number of amides is 1. The highest BCUT2D eigenvalue weighted by Gasteiger charge is 2.34. The molecule has 1 saturated carbocycles. The summed E-state index contributed by atoms with van der Waals surface area (Å²) >= 11 is 0. The Morgan fingerprint density at radius 3 is 2.50 bits per heavy atom. The number of rotatable bonds is 3. The first-order valence-corrected chi connectivity index (χ1v) is 4.07. The van der Waals surface area contributed by atoms with Crippen LogP contribution in [0.5, 0.6) is 0 Å².